The topological polar surface area (TPSA) is 124 Å². The second kappa shape index (κ2) is 7.37. The molecule has 1 aromatic rings. The molecule has 0 amide bonds. The molecule has 1 N–H and O–H groups in total. The highest BCUT2D eigenvalue weighted by Gasteiger charge is 2.60. The van der Waals surface area contributed by atoms with E-state index in [2.05, 4.69) is 0 Å². The molecule has 4 aliphatic rings. The Balaban J connectivity index is 1.65. The van der Waals surface area contributed by atoms with E-state index in [1.807, 2.05) is 0 Å². The van der Waals surface area contributed by atoms with Crippen molar-refractivity contribution in [3.8, 4) is 5.75 Å². The molecule has 0 heterocycles. The number of ether oxygens (including phenoxy) is 1. The van der Waals surface area contributed by atoms with E-state index >= 15 is 0 Å². The predicted molar refractivity (Wildman–Crippen MR) is 97.4 cm³/mol. The summed E-state index contributed by atoms with van der Waals surface area (Å²) >= 11 is 0. The van der Waals surface area contributed by atoms with E-state index in [1.54, 1.807) is 0 Å². The van der Waals surface area contributed by atoms with Crippen LogP contribution in [0.1, 0.15) is 32.1 Å². The van der Waals surface area contributed by atoms with Crippen LogP contribution < -0.4 is 4.74 Å². The molecule has 4 fully saturated rings. The third-order valence-electron chi connectivity index (χ3n) is 6.54. The number of esters is 1. The zero-order chi connectivity index (χ0) is 23.8. The van der Waals surface area contributed by atoms with Gasteiger partial charge in [-0.25, -0.2) is 8.78 Å². The van der Waals surface area contributed by atoms with Crippen LogP contribution in [0.4, 0.5) is 17.6 Å². The fraction of sp³-hybridized carbons (Fsp3) is 0.611. The van der Waals surface area contributed by atoms with E-state index in [-0.39, 0.29) is 37.0 Å². The Morgan fingerprint density at radius 3 is 1.88 bits per heavy atom. The van der Waals surface area contributed by atoms with Gasteiger partial charge in [-0.15, -0.1) is 0 Å². The molecule has 32 heavy (non-hydrogen) atoms. The van der Waals surface area contributed by atoms with Crippen molar-refractivity contribution in [3.63, 3.8) is 0 Å². The molecule has 0 aromatic heterocycles. The zero-order valence-corrected chi connectivity index (χ0v) is 18.1. The summed E-state index contributed by atoms with van der Waals surface area (Å²) in [5, 5.41) is 0. The Labute approximate surface area is 180 Å². The highest BCUT2D eigenvalue weighted by Crippen LogP contribution is 2.61. The molecule has 0 radical (unpaired) electrons. The smallest absolute Gasteiger partial charge is 0.317 e. The van der Waals surface area contributed by atoms with E-state index in [1.165, 1.54) is 0 Å². The summed E-state index contributed by atoms with van der Waals surface area (Å²) in [7, 11) is -9.41. The number of benzene rings is 1. The average Bonchev–Trinajstić information content (AvgIpc) is 2.64. The van der Waals surface area contributed by atoms with Crippen LogP contribution in [-0.2, 0) is 29.2 Å². The molecule has 0 saturated heterocycles. The Hall–Kier alpha value is -1.77. The first-order chi connectivity index (χ1) is 14.6. The molecule has 0 spiro atoms. The van der Waals surface area contributed by atoms with Gasteiger partial charge in [0.15, 0.2) is 16.5 Å². The van der Waals surface area contributed by atoms with Crippen molar-refractivity contribution in [1.29, 1.82) is 0 Å². The van der Waals surface area contributed by atoms with Crippen LogP contribution in [0, 0.1) is 46.4 Å². The van der Waals surface area contributed by atoms with Crippen molar-refractivity contribution in [2.45, 2.75) is 43.1 Å². The molecule has 4 bridgehead atoms. The summed E-state index contributed by atoms with van der Waals surface area (Å²) in [6, 6.07) is 0. The van der Waals surface area contributed by atoms with Crippen molar-refractivity contribution in [2.75, 3.05) is 6.26 Å². The summed E-state index contributed by atoms with van der Waals surface area (Å²) in [5.74, 6) is -13.0. The summed E-state index contributed by atoms with van der Waals surface area (Å²) in [6.07, 6.45) is 1.89. The highest BCUT2D eigenvalue weighted by molar-refractivity contribution is 7.86. The van der Waals surface area contributed by atoms with E-state index in [4.69, 9.17) is 13.5 Å². The number of rotatable bonds is 5. The normalized spacial score (nSPS) is 31.7. The van der Waals surface area contributed by atoms with Crippen LogP contribution in [-0.4, -0.2) is 39.7 Å². The second-order valence-electron chi connectivity index (χ2n) is 8.79. The molecule has 178 valence electrons. The summed E-state index contributed by atoms with van der Waals surface area (Å²) in [6.45, 7) is 0. The number of hydrogen-bond acceptors (Lipinski definition) is 7. The lowest BCUT2D eigenvalue weighted by Gasteiger charge is -2.57. The Kier molecular flexibility index (Phi) is 5.39. The summed E-state index contributed by atoms with van der Waals surface area (Å²) < 4.78 is 121. The SMILES string of the molecule is CS(=O)(=O)OC1C2CC3CC1CC(C(=O)Oc1c(F)c(F)c(S(=O)(=O)O)c(F)c1F)(C3)C2. The van der Waals surface area contributed by atoms with Crippen molar-refractivity contribution in [3.05, 3.63) is 23.3 Å². The highest BCUT2D eigenvalue weighted by atomic mass is 32.2. The molecule has 1 aromatic carbocycles. The summed E-state index contributed by atoms with van der Waals surface area (Å²) in [5.41, 5.74) is -1.26. The molecular formula is C18H18F4O8S2. The predicted octanol–water partition coefficient (Wildman–Crippen LogP) is 2.57. The molecule has 2 unspecified atom stereocenters. The first-order valence-corrected chi connectivity index (χ1v) is 12.8. The molecular weight excluding hydrogens is 484 g/mol. The standard InChI is InChI=1S/C18H18F4O8S2/c1-31(24,25)30-14-8-2-7-3-9(14)6-18(4-7,5-8)17(23)29-15-10(19)12(21)16(32(26,27)28)13(22)11(15)20/h7-9,14H,2-6H2,1H3,(H,26,27,28). The molecule has 0 aliphatic heterocycles. The average molecular weight is 502 g/mol. The second-order valence-corrected chi connectivity index (χ2v) is 11.8. The van der Waals surface area contributed by atoms with Crippen LogP contribution >= 0.6 is 0 Å². The Morgan fingerprint density at radius 1 is 0.938 bits per heavy atom. The maximum Gasteiger partial charge on any atom is 0.317 e. The molecule has 4 saturated carbocycles. The third-order valence-corrected chi connectivity index (χ3v) is 7.99. The van der Waals surface area contributed by atoms with Crippen molar-refractivity contribution in [1.82, 2.24) is 0 Å². The van der Waals surface area contributed by atoms with Crippen LogP contribution in [0.2, 0.25) is 0 Å². The first-order valence-electron chi connectivity index (χ1n) is 9.57. The van der Waals surface area contributed by atoms with Crippen molar-refractivity contribution >= 4 is 26.2 Å². The van der Waals surface area contributed by atoms with Gasteiger partial charge in [0, 0.05) is 0 Å². The Morgan fingerprint density at radius 2 is 1.44 bits per heavy atom. The first kappa shape index (κ1) is 23.4. The van der Waals surface area contributed by atoms with Gasteiger partial charge in [0.2, 0.25) is 17.4 Å². The third kappa shape index (κ3) is 3.80. The van der Waals surface area contributed by atoms with E-state index in [9.17, 15) is 39.2 Å². The molecule has 2 atom stereocenters. The van der Waals surface area contributed by atoms with Gasteiger partial charge in [-0.05, 0) is 49.9 Å². The molecule has 8 nitrogen and oxygen atoms in total. The Bertz CT molecular complexity index is 1170. The van der Waals surface area contributed by atoms with E-state index in [0.717, 1.165) is 6.26 Å². The quantitative estimate of drug-likeness (QED) is 0.163. The minimum atomic E-state index is -5.65. The van der Waals surface area contributed by atoms with E-state index < -0.39 is 71.6 Å². The maximum absolute atomic E-state index is 14.3. The number of carbonyl (C=O) groups excluding carboxylic acids is 1. The van der Waals surface area contributed by atoms with Gasteiger partial charge in [0.1, 0.15) is 0 Å². The van der Waals surface area contributed by atoms with Crippen LogP contribution in [0.15, 0.2) is 4.90 Å². The van der Waals surface area contributed by atoms with Crippen LogP contribution in [0.25, 0.3) is 0 Å². The maximum atomic E-state index is 14.3. The zero-order valence-electron chi connectivity index (χ0n) is 16.5. The van der Waals surface area contributed by atoms with Gasteiger partial charge in [-0.1, -0.05) is 0 Å². The van der Waals surface area contributed by atoms with Gasteiger partial charge in [-0.2, -0.15) is 25.6 Å². The lowest BCUT2D eigenvalue weighted by molar-refractivity contribution is -0.173. The van der Waals surface area contributed by atoms with Gasteiger partial charge in [-0.3, -0.25) is 13.5 Å². The number of carbonyl (C=O) groups is 1. The lowest BCUT2D eigenvalue weighted by Crippen LogP contribution is -2.58. The monoisotopic (exact) mass is 502 g/mol. The number of halogens is 4. The van der Waals surface area contributed by atoms with Crippen LogP contribution in [0.5, 0.6) is 5.75 Å². The van der Waals surface area contributed by atoms with Crippen molar-refractivity contribution in [2.24, 2.45) is 23.2 Å². The fourth-order valence-electron chi connectivity index (χ4n) is 5.70. The number of hydrogen-bond donors (Lipinski definition) is 1. The fourth-order valence-corrected chi connectivity index (χ4v) is 7.05. The van der Waals surface area contributed by atoms with Gasteiger partial charge in [0.25, 0.3) is 10.1 Å². The molecule has 14 heteroatoms. The minimum Gasteiger partial charge on any atom is -0.420 e. The van der Waals surface area contributed by atoms with E-state index in [0.29, 0.717) is 12.8 Å². The molecule has 5 rings (SSSR count). The van der Waals surface area contributed by atoms with Crippen LogP contribution in [0.3, 0.4) is 0 Å². The van der Waals surface area contributed by atoms with Gasteiger partial charge >= 0.3 is 16.1 Å². The van der Waals surface area contributed by atoms with Gasteiger partial charge in [0.05, 0.1) is 17.8 Å². The minimum absolute atomic E-state index is 0.00420. The summed E-state index contributed by atoms with van der Waals surface area (Å²) in [4.78, 5) is 10.7. The molecule has 4 aliphatic carbocycles. The van der Waals surface area contributed by atoms with Crippen molar-refractivity contribution < 1.29 is 52.7 Å². The largest absolute Gasteiger partial charge is 0.420 e. The lowest BCUT2D eigenvalue weighted by atomic mass is 9.48. The van der Waals surface area contributed by atoms with Gasteiger partial charge < -0.3 is 4.74 Å².